The van der Waals surface area contributed by atoms with Gasteiger partial charge in [0.25, 0.3) is 0 Å². The molecule has 0 spiro atoms. The molecule has 80 valence electrons. The lowest BCUT2D eigenvalue weighted by molar-refractivity contribution is 0.170. The highest BCUT2D eigenvalue weighted by Crippen LogP contribution is 2.14. The van der Waals surface area contributed by atoms with Crippen molar-refractivity contribution < 1.29 is 0 Å². The average molecular weight is 185 g/mol. The van der Waals surface area contributed by atoms with E-state index >= 15 is 0 Å². The van der Waals surface area contributed by atoms with Crippen LogP contribution in [0.3, 0.4) is 0 Å². The van der Waals surface area contributed by atoms with Crippen molar-refractivity contribution in [2.45, 2.75) is 59.4 Å². The fourth-order valence-electron chi connectivity index (χ4n) is 1.22. The van der Waals surface area contributed by atoms with Gasteiger partial charge in [-0.05, 0) is 53.1 Å². The summed E-state index contributed by atoms with van der Waals surface area (Å²) in [7, 11) is 2.22. The zero-order valence-corrected chi connectivity index (χ0v) is 10.4. The molecule has 0 heterocycles. The quantitative estimate of drug-likeness (QED) is 0.633. The van der Waals surface area contributed by atoms with E-state index in [1.165, 1.54) is 25.8 Å². The topological polar surface area (TPSA) is 3.24 Å². The van der Waals surface area contributed by atoms with Crippen LogP contribution in [-0.4, -0.2) is 24.0 Å². The van der Waals surface area contributed by atoms with Gasteiger partial charge in [-0.3, -0.25) is 0 Å². The Bertz CT molecular complexity index is 124. The van der Waals surface area contributed by atoms with Crippen LogP contribution < -0.4 is 0 Å². The molecule has 0 aromatic heterocycles. The van der Waals surface area contributed by atoms with Crippen LogP contribution in [0, 0.1) is 5.92 Å². The van der Waals surface area contributed by atoms with Gasteiger partial charge in [0.2, 0.25) is 0 Å². The number of rotatable bonds is 5. The van der Waals surface area contributed by atoms with E-state index in [-0.39, 0.29) is 0 Å². The first-order valence-electron chi connectivity index (χ1n) is 5.59. The Morgan fingerprint density at radius 1 is 1.23 bits per heavy atom. The molecule has 0 aromatic carbocycles. The Morgan fingerprint density at radius 3 is 2.15 bits per heavy atom. The van der Waals surface area contributed by atoms with Gasteiger partial charge in [-0.15, -0.1) is 0 Å². The third kappa shape index (κ3) is 6.09. The standard InChI is InChI=1S/C12H27N/c1-7-11(2)9-8-10-13(6)12(3,4)5/h11H,7-10H2,1-6H3. The van der Waals surface area contributed by atoms with Crippen LogP contribution in [0.5, 0.6) is 0 Å². The van der Waals surface area contributed by atoms with E-state index in [0.29, 0.717) is 5.54 Å². The molecular weight excluding hydrogens is 158 g/mol. The minimum atomic E-state index is 0.329. The highest BCUT2D eigenvalue weighted by Gasteiger charge is 2.15. The maximum absolute atomic E-state index is 2.44. The highest BCUT2D eigenvalue weighted by molar-refractivity contribution is 4.72. The summed E-state index contributed by atoms with van der Waals surface area (Å²) >= 11 is 0. The molecule has 1 heteroatoms. The fourth-order valence-corrected chi connectivity index (χ4v) is 1.22. The molecule has 1 unspecified atom stereocenters. The SMILES string of the molecule is CCC(C)CCCN(C)C(C)(C)C. The fraction of sp³-hybridized carbons (Fsp3) is 1.00. The molecule has 0 aliphatic carbocycles. The van der Waals surface area contributed by atoms with E-state index in [1.807, 2.05) is 0 Å². The first-order valence-corrected chi connectivity index (χ1v) is 5.59. The van der Waals surface area contributed by atoms with E-state index < -0.39 is 0 Å². The summed E-state index contributed by atoms with van der Waals surface area (Å²) in [5.41, 5.74) is 0.329. The molecular formula is C12H27N. The predicted molar refractivity (Wildman–Crippen MR) is 61.1 cm³/mol. The molecule has 1 nitrogen and oxygen atoms in total. The molecule has 0 saturated heterocycles. The van der Waals surface area contributed by atoms with Crippen molar-refractivity contribution in [3.05, 3.63) is 0 Å². The summed E-state index contributed by atoms with van der Waals surface area (Å²) in [4.78, 5) is 2.44. The summed E-state index contributed by atoms with van der Waals surface area (Å²) in [6.45, 7) is 12.7. The van der Waals surface area contributed by atoms with E-state index in [2.05, 4.69) is 46.6 Å². The zero-order chi connectivity index (χ0) is 10.5. The van der Waals surface area contributed by atoms with E-state index in [4.69, 9.17) is 0 Å². The smallest absolute Gasteiger partial charge is 0.0122 e. The molecule has 0 amide bonds. The van der Waals surface area contributed by atoms with Crippen LogP contribution >= 0.6 is 0 Å². The van der Waals surface area contributed by atoms with Gasteiger partial charge in [0.15, 0.2) is 0 Å². The second kappa shape index (κ2) is 5.64. The zero-order valence-electron chi connectivity index (χ0n) is 10.4. The van der Waals surface area contributed by atoms with Gasteiger partial charge in [0.05, 0.1) is 0 Å². The summed E-state index contributed by atoms with van der Waals surface area (Å²) in [6, 6.07) is 0. The monoisotopic (exact) mass is 185 g/mol. The van der Waals surface area contributed by atoms with Crippen molar-refractivity contribution >= 4 is 0 Å². The third-order valence-corrected chi connectivity index (χ3v) is 3.03. The molecule has 0 saturated carbocycles. The van der Waals surface area contributed by atoms with Crippen molar-refractivity contribution in [3.8, 4) is 0 Å². The molecule has 0 bridgehead atoms. The number of hydrogen-bond acceptors (Lipinski definition) is 1. The molecule has 0 rings (SSSR count). The average Bonchev–Trinajstić information content (AvgIpc) is 2.02. The van der Waals surface area contributed by atoms with Crippen LogP contribution in [0.25, 0.3) is 0 Å². The van der Waals surface area contributed by atoms with Gasteiger partial charge in [-0.2, -0.15) is 0 Å². The van der Waals surface area contributed by atoms with Gasteiger partial charge < -0.3 is 4.90 Å². The second-order valence-electron chi connectivity index (χ2n) is 5.25. The predicted octanol–water partition coefficient (Wildman–Crippen LogP) is 3.54. The lowest BCUT2D eigenvalue weighted by Crippen LogP contribution is -2.38. The van der Waals surface area contributed by atoms with Crippen molar-refractivity contribution in [1.29, 1.82) is 0 Å². The van der Waals surface area contributed by atoms with E-state index in [9.17, 15) is 0 Å². The lowest BCUT2D eigenvalue weighted by Gasteiger charge is -2.32. The lowest BCUT2D eigenvalue weighted by atomic mass is 10.0. The molecule has 0 fully saturated rings. The number of nitrogens with zero attached hydrogens (tertiary/aromatic N) is 1. The highest BCUT2D eigenvalue weighted by atomic mass is 15.1. The van der Waals surface area contributed by atoms with Crippen LogP contribution in [0.15, 0.2) is 0 Å². The molecule has 0 aromatic rings. The Labute approximate surface area is 84.5 Å². The van der Waals surface area contributed by atoms with Crippen molar-refractivity contribution in [2.24, 2.45) is 5.92 Å². The van der Waals surface area contributed by atoms with Crippen molar-refractivity contribution in [3.63, 3.8) is 0 Å². The Hall–Kier alpha value is -0.0400. The maximum Gasteiger partial charge on any atom is 0.0122 e. The molecule has 0 N–H and O–H groups in total. The molecule has 0 aliphatic heterocycles. The number of hydrogen-bond donors (Lipinski definition) is 0. The summed E-state index contributed by atoms with van der Waals surface area (Å²) in [6.07, 6.45) is 4.03. The molecule has 1 atom stereocenters. The maximum atomic E-state index is 2.44. The molecule has 0 aliphatic rings. The van der Waals surface area contributed by atoms with Gasteiger partial charge in [-0.1, -0.05) is 20.3 Å². The first-order chi connectivity index (χ1) is 5.88. The van der Waals surface area contributed by atoms with Crippen molar-refractivity contribution in [2.75, 3.05) is 13.6 Å². The summed E-state index contributed by atoms with van der Waals surface area (Å²) < 4.78 is 0. The second-order valence-corrected chi connectivity index (χ2v) is 5.25. The first kappa shape index (κ1) is 13.0. The van der Waals surface area contributed by atoms with Crippen LogP contribution in [0.1, 0.15) is 53.9 Å². The van der Waals surface area contributed by atoms with E-state index in [0.717, 1.165) is 5.92 Å². The Balaban J connectivity index is 3.54. The van der Waals surface area contributed by atoms with Crippen LogP contribution in [0.2, 0.25) is 0 Å². The van der Waals surface area contributed by atoms with Gasteiger partial charge in [-0.25, -0.2) is 0 Å². The van der Waals surface area contributed by atoms with Crippen LogP contribution in [-0.2, 0) is 0 Å². The molecule has 0 radical (unpaired) electrons. The normalized spacial score (nSPS) is 15.0. The van der Waals surface area contributed by atoms with Gasteiger partial charge in [0.1, 0.15) is 0 Å². The minimum absolute atomic E-state index is 0.329. The van der Waals surface area contributed by atoms with Gasteiger partial charge >= 0.3 is 0 Å². The Morgan fingerprint density at radius 2 is 1.77 bits per heavy atom. The van der Waals surface area contributed by atoms with E-state index in [1.54, 1.807) is 0 Å². The minimum Gasteiger partial charge on any atom is -0.302 e. The van der Waals surface area contributed by atoms with Gasteiger partial charge in [0, 0.05) is 5.54 Å². The third-order valence-electron chi connectivity index (χ3n) is 3.03. The summed E-state index contributed by atoms with van der Waals surface area (Å²) in [5.74, 6) is 0.897. The van der Waals surface area contributed by atoms with Crippen molar-refractivity contribution in [1.82, 2.24) is 4.90 Å². The van der Waals surface area contributed by atoms with Crippen LogP contribution in [0.4, 0.5) is 0 Å². The molecule has 13 heavy (non-hydrogen) atoms. The largest absolute Gasteiger partial charge is 0.302 e. The Kier molecular flexibility index (Phi) is 5.62. The summed E-state index contributed by atoms with van der Waals surface area (Å²) in [5, 5.41) is 0.